The van der Waals surface area contributed by atoms with Gasteiger partial charge in [0.1, 0.15) is 5.82 Å². The number of nitrogens with zero attached hydrogens (tertiary/aromatic N) is 5. The highest BCUT2D eigenvalue weighted by Crippen LogP contribution is 2.29. The van der Waals surface area contributed by atoms with Crippen LogP contribution in [0.5, 0.6) is 0 Å². The molecule has 7 nitrogen and oxygen atoms in total. The summed E-state index contributed by atoms with van der Waals surface area (Å²) in [6, 6.07) is 3.77. The number of amides is 2. The van der Waals surface area contributed by atoms with Crippen LogP contribution in [0.15, 0.2) is 17.5 Å². The smallest absolute Gasteiger partial charge is 0.264 e. The van der Waals surface area contributed by atoms with Crippen LogP contribution < -0.4 is 0 Å². The van der Waals surface area contributed by atoms with E-state index in [0.717, 1.165) is 49.0 Å². The maximum atomic E-state index is 12.6. The van der Waals surface area contributed by atoms with Crippen LogP contribution in [-0.4, -0.2) is 56.0 Å². The van der Waals surface area contributed by atoms with Crippen molar-refractivity contribution < 1.29 is 9.59 Å². The molecule has 0 atom stereocenters. The zero-order chi connectivity index (χ0) is 19.7. The fourth-order valence-corrected chi connectivity index (χ4v) is 4.77. The lowest BCUT2D eigenvalue weighted by atomic mass is 9.95. The lowest BCUT2D eigenvalue weighted by Crippen LogP contribution is -2.40. The van der Waals surface area contributed by atoms with Crippen molar-refractivity contribution >= 4 is 23.2 Å². The van der Waals surface area contributed by atoms with Crippen LogP contribution in [0.1, 0.15) is 60.3 Å². The number of aromatic nitrogens is 3. The number of hydrogen-bond acceptors (Lipinski definition) is 5. The highest BCUT2D eigenvalue weighted by molar-refractivity contribution is 7.12. The predicted octanol–water partition coefficient (Wildman–Crippen LogP) is 2.75. The van der Waals surface area contributed by atoms with E-state index in [0.29, 0.717) is 31.3 Å². The SMILES string of the molecule is CC(C)CC(=O)N1CCC(c2nnc3n2CCN(C(=O)c2cccs2)C3)CC1. The summed E-state index contributed by atoms with van der Waals surface area (Å²) in [5.74, 6) is 2.96. The van der Waals surface area contributed by atoms with Crippen LogP contribution in [0.4, 0.5) is 0 Å². The molecule has 1 saturated heterocycles. The second kappa shape index (κ2) is 8.03. The topological polar surface area (TPSA) is 71.3 Å². The molecule has 0 spiro atoms. The quantitative estimate of drug-likeness (QED) is 0.790. The molecule has 0 saturated carbocycles. The molecular weight excluding hydrogens is 374 g/mol. The number of rotatable bonds is 4. The van der Waals surface area contributed by atoms with Gasteiger partial charge in [-0.25, -0.2) is 0 Å². The third-order valence-electron chi connectivity index (χ3n) is 5.60. The first-order valence-corrected chi connectivity index (χ1v) is 10.9. The van der Waals surface area contributed by atoms with E-state index in [4.69, 9.17) is 0 Å². The molecule has 0 aliphatic carbocycles. The van der Waals surface area contributed by atoms with Crippen LogP contribution in [0, 0.1) is 5.92 Å². The lowest BCUT2D eigenvalue weighted by molar-refractivity contribution is -0.133. The number of hydrogen-bond donors (Lipinski definition) is 0. The van der Waals surface area contributed by atoms with Crippen molar-refractivity contribution in [1.29, 1.82) is 0 Å². The van der Waals surface area contributed by atoms with E-state index < -0.39 is 0 Å². The normalized spacial score (nSPS) is 17.8. The molecule has 4 rings (SSSR count). The minimum Gasteiger partial charge on any atom is -0.343 e. The third kappa shape index (κ3) is 3.83. The fourth-order valence-electron chi connectivity index (χ4n) is 4.08. The molecule has 4 heterocycles. The Balaban J connectivity index is 1.39. The summed E-state index contributed by atoms with van der Waals surface area (Å²) < 4.78 is 2.19. The van der Waals surface area contributed by atoms with Crippen molar-refractivity contribution in [2.24, 2.45) is 5.92 Å². The number of carbonyl (C=O) groups excluding carboxylic acids is 2. The van der Waals surface area contributed by atoms with Gasteiger partial charge in [0.15, 0.2) is 5.82 Å². The summed E-state index contributed by atoms with van der Waals surface area (Å²) in [6.07, 6.45) is 2.48. The second-order valence-corrected chi connectivity index (χ2v) is 9.03. The Morgan fingerprint density at radius 3 is 2.61 bits per heavy atom. The van der Waals surface area contributed by atoms with E-state index in [-0.39, 0.29) is 11.8 Å². The molecule has 2 aliphatic heterocycles. The van der Waals surface area contributed by atoms with Gasteiger partial charge in [0, 0.05) is 38.5 Å². The molecule has 0 N–H and O–H groups in total. The van der Waals surface area contributed by atoms with Crippen molar-refractivity contribution in [1.82, 2.24) is 24.6 Å². The van der Waals surface area contributed by atoms with Crippen molar-refractivity contribution in [3.8, 4) is 0 Å². The average Bonchev–Trinajstić information content (AvgIpc) is 3.36. The van der Waals surface area contributed by atoms with Crippen molar-refractivity contribution in [3.63, 3.8) is 0 Å². The molecule has 2 aromatic heterocycles. The van der Waals surface area contributed by atoms with Crippen molar-refractivity contribution in [2.75, 3.05) is 19.6 Å². The first kappa shape index (κ1) is 19.1. The second-order valence-electron chi connectivity index (χ2n) is 8.08. The van der Waals surface area contributed by atoms with E-state index in [9.17, 15) is 9.59 Å². The first-order chi connectivity index (χ1) is 13.5. The summed E-state index contributed by atoms with van der Waals surface area (Å²) in [6.45, 7) is 7.68. The number of piperidine rings is 1. The number of fused-ring (bicyclic) bond motifs is 1. The Hall–Kier alpha value is -2.22. The lowest BCUT2D eigenvalue weighted by Gasteiger charge is -2.33. The standard InChI is InChI=1S/C20H27N5O2S/c1-14(2)12-18(26)23-7-5-15(6-8-23)19-22-21-17-13-24(9-10-25(17)19)20(27)16-4-3-11-28-16/h3-4,11,14-15H,5-10,12-13H2,1-2H3. The Morgan fingerprint density at radius 1 is 1.14 bits per heavy atom. The molecule has 2 aromatic rings. The summed E-state index contributed by atoms with van der Waals surface area (Å²) >= 11 is 1.47. The van der Waals surface area contributed by atoms with E-state index in [2.05, 4.69) is 28.6 Å². The van der Waals surface area contributed by atoms with Gasteiger partial charge in [0.2, 0.25) is 5.91 Å². The molecule has 8 heteroatoms. The Morgan fingerprint density at radius 2 is 1.93 bits per heavy atom. The van der Waals surface area contributed by atoms with Gasteiger partial charge in [0.05, 0.1) is 11.4 Å². The van der Waals surface area contributed by atoms with Crippen LogP contribution in [0.25, 0.3) is 0 Å². The van der Waals surface area contributed by atoms with Crippen molar-refractivity contribution in [3.05, 3.63) is 34.0 Å². The van der Waals surface area contributed by atoms with Crippen LogP contribution >= 0.6 is 11.3 Å². The zero-order valence-corrected chi connectivity index (χ0v) is 17.3. The van der Waals surface area contributed by atoms with Gasteiger partial charge in [-0.05, 0) is 30.2 Å². The molecule has 2 aliphatic rings. The monoisotopic (exact) mass is 401 g/mol. The molecule has 0 unspecified atom stereocenters. The maximum absolute atomic E-state index is 12.6. The minimum atomic E-state index is 0.0720. The summed E-state index contributed by atoms with van der Waals surface area (Å²) in [5, 5.41) is 10.8. The predicted molar refractivity (Wildman–Crippen MR) is 107 cm³/mol. The molecule has 150 valence electrons. The van der Waals surface area contributed by atoms with Crippen LogP contribution in [0.3, 0.4) is 0 Å². The van der Waals surface area contributed by atoms with Gasteiger partial charge < -0.3 is 14.4 Å². The summed E-state index contributed by atoms with van der Waals surface area (Å²) in [5.41, 5.74) is 0. The average molecular weight is 402 g/mol. The highest BCUT2D eigenvalue weighted by atomic mass is 32.1. The third-order valence-corrected chi connectivity index (χ3v) is 6.45. The van der Waals surface area contributed by atoms with Gasteiger partial charge >= 0.3 is 0 Å². The van der Waals surface area contributed by atoms with E-state index >= 15 is 0 Å². The highest BCUT2D eigenvalue weighted by Gasteiger charge is 2.31. The Kier molecular flexibility index (Phi) is 5.48. The molecule has 1 fully saturated rings. The van der Waals surface area contributed by atoms with E-state index in [1.807, 2.05) is 27.3 Å². The summed E-state index contributed by atoms with van der Waals surface area (Å²) in [4.78, 5) is 29.5. The molecule has 2 amide bonds. The summed E-state index contributed by atoms with van der Waals surface area (Å²) in [7, 11) is 0. The van der Waals surface area contributed by atoms with Gasteiger partial charge in [-0.2, -0.15) is 0 Å². The van der Waals surface area contributed by atoms with Gasteiger partial charge in [0.25, 0.3) is 5.91 Å². The maximum Gasteiger partial charge on any atom is 0.264 e. The van der Waals surface area contributed by atoms with Crippen LogP contribution in [0.2, 0.25) is 0 Å². The number of carbonyl (C=O) groups is 2. The molecule has 0 aromatic carbocycles. The van der Waals surface area contributed by atoms with E-state index in [1.165, 1.54) is 11.3 Å². The van der Waals surface area contributed by atoms with Gasteiger partial charge in [-0.3, -0.25) is 9.59 Å². The van der Waals surface area contributed by atoms with Crippen LogP contribution in [-0.2, 0) is 17.9 Å². The van der Waals surface area contributed by atoms with E-state index in [1.54, 1.807) is 0 Å². The zero-order valence-electron chi connectivity index (χ0n) is 16.5. The molecule has 28 heavy (non-hydrogen) atoms. The number of thiophene rings is 1. The number of likely N-dealkylation sites (tertiary alicyclic amines) is 1. The largest absolute Gasteiger partial charge is 0.343 e. The van der Waals surface area contributed by atoms with Gasteiger partial charge in [-0.1, -0.05) is 19.9 Å². The first-order valence-electron chi connectivity index (χ1n) is 10.1. The van der Waals surface area contributed by atoms with Gasteiger partial charge in [-0.15, -0.1) is 21.5 Å². The minimum absolute atomic E-state index is 0.0720. The molecule has 0 radical (unpaired) electrons. The molecule has 0 bridgehead atoms. The Labute approximate surface area is 169 Å². The Bertz CT molecular complexity index is 837. The van der Waals surface area contributed by atoms with Crippen molar-refractivity contribution in [2.45, 2.75) is 52.1 Å². The molecular formula is C20H27N5O2S. The fraction of sp³-hybridized carbons (Fsp3) is 0.600.